The summed E-state index contributed by atoms with van der Waals surface area (Å²) >= 11 is 3.38. The van der Waals surface area contributed by atoms with Crippen LogP contribution in [0.15, 0.2) is 64.6 Å². The summed E-state index contributed by atoms with van der Waals surface area (Å²) < 4.78 is 0.981. The first-order chi connectivity index (χ1) is 10.6. The number of rotatable bonds is 3. The zero-order chi connectivity index (χ0) is 15.5. The molecule has 0 aromatic heterocycles. The van der Waals surface area contributed by atoms with E-state index >= 15 is 0 Å². The van der Waals surface area contributed by atoms with Gasteiger partial charge in [-0.25, -0.2) is 0 Å². The van der Waals surface area contributed by atoms with Crippen molar-refractivity contribution < 1.29 is 9.59 Å². The first kappa shape index (κ1) is 14.7. The van der Waals surface area contributed by atoms with Gasteiger partial charge in [-0.1, -0.05) is 58.4 Å². The lowest BCUT2D eigenvalue weighted by Gasteiger charge is -2.13. The molecule has 1 amide bonds. The number of carbonyl (C=O) groups excluding carboxylic acids is 2. The molecular formula is C18H14BrNO2. The molecule has 2 aromatic carbocycles. The highest BCUT2D eigenvalue weighted by atomic mass is 79.9. The van der Waals surface area contributed by atoms with Gasteiger partial charge in [0.05, 0.1) is 6.54 Å². The fourth-order valence-electron chi connectivity index (χ4n) is 2.43. The van der Waals surface area contributed by atoms with Crippen LogP contribution < -0.4 is 0 Å². The van der Waals surface area contributed by atoms with Crippen molar-refractivity contribution in [3.63, 3.8) is 0 Å². The largest absolute Gasteiger partial charge is 0.327 e. The van der Waals surface area contributed by atoms with Gasteiger partial charge in [-0.2, -0.15) is 0 Å². The summed E-state index contributed by atoms with van der Waals surface area (Å²) in [6.45, 7) is 0.825. The molecule has 3 rings (SSSR count). The van der Waals surface area contributed by atoms with Crippen molar-refractivity contribution >= 4 is 33.7 Å². The summed E-state index contributed by atoms with van der Waals surface area (Å²) in [5, 5.41) is 0. The van der Waals surface area contributed by atoms with Crippen LogP contribution in [0.1, 0.15) is 11.1 Å². The Bertz CT molecular complexity index is 735. The maximum Gasteiger partial charge on any atom is 0.295 e. The third-order valence-corrected chi connectivity index (χ3v) is 4.09. The maximum atomic E-state index is 12.1. The molecule has 0 saturated carbocycles. The summed E-state index contributed by atoms with van der Waals surface area (Å²) in [6, 6.07) is 17.3. The third kappa shape index (κ3) is 3.17. The van der Waals surface area contributed by atoms with Crippen molar-refractivity contribution in [1.29, 1.82) is 0 Å². The minimum Gasteiger partial charge on any atom is -0.327 e. The first-order valence-electron chi connectivity index (χ1n) is 6.97. The van der Waals surface area contributed by atoms with Gasteiger partial charge < -0.3 is 4.90 Å². The molecule has 2 aromatic rings. The van der Waals surface area contributed by atoms with Crippen LogP contribution in [-0.2, 0) is 16.1 Å². The second-order valence-electron chi connectivity index (χ2n) is 5.20. The number of amides is 1. The number of halogens is 1. The van der Waals surface area contributed by atoms with E-state index in [0.29, 0.717) is 18.7 Å². The molecule has 22 heavy (non-hydrogen) atoms. The summed E-state index contributed by atoms with van der Waals surface area (Å²) in [5.41, 5.74) is 2.48. The van der Waals surface area contributed by atoms with Gasteiger partial charge in [0, 0.05) is 16.6 Å². The zero-order valence-electron chi connectivity index (χ0n) is 11.8. The van der Waals surface area contributed by atoms with E-state index < -0.39 is 11.7 Å². The van der Waals surface area contributed by atoms with Crippen LogP contribution >= 0.6 is 15.9 Å². The molecule has 1 aliphatic heterocycles. The number of Topliss-reactive ketones (excluding diaryl/α,β-unsaturated/α-hetero) is 1. The van der Waals surface area contributed by atoms with Crippen molar-refractivity contribution in [3.8, 4) is 0 Å². The van der Waals surface area contributed by atoms with Crippen molar-refractivity contribution in [2.45, 2.75) is 6.54 Å². The second-order valence-corrected chi connectivity index (χ2v) is 6.11. The Morgan fingerprint density at radius 3 is 2.36 bits per heavy atom. The topological polar surface area (TPSA) is 37.4 Å². The second kappa shape index (κ2) is 6.28. The molecule has 1 saturated heterocycles. The molecule has 0 atom stereocenters. The van der Waals surface area contributed by atoms with Crippen LogP contribution in [0.25, 0.3) is 6.08 Å². The van der Waals surface area contributed by atoms with Crippen molar-refractivity contribution in [3.05, 3.63) is 75.8 Å². The molecule has 1 fully saturated rings. The van der Waals surface area contributed by atoms with E-state index in [4.69, 9.17) is 0 Å². The molecular weight excluding hydrogens is 342 g/mol. The van der Waals surface area contributed by atoms with E-state index in [2.05, 4.69) is 15.9 Å². The summed E-state index contributed by atoms with van der Waals surface area (Å²) in [5.74, 6) is -0.828. The molecule has 0 aliphatic carbocycles. The van der Waals surface area contributed by atoms with Gasteiger partial charge in [0.15, 0.2) is 0 Å². The van der Waals surface area contributed by atoms with Gasteiger partial charge in [0.2, 0.25) is 5.78 Å². The Labute approximate surface area is 137 Å². The molecule has 1 heterocycles. The molecule has 3 nitrogen and oxygen atoms in total. The van der Waals surface area contributed by atoms with E-state index in [1.54, 1.807) is 11.0 Å². The highest BCUT2D eigenvalue weighted by molar-refractivity contribution is 9.10. The fourth-order valence-corrected chi connectivity index (χ4v) is 2.70. The normalized spacial score (nSPS) is 16.6. The van der Waals surface area contributed by atoms with Gasteiger partial charge in [-0.05, 0) is 29.3 Å². The molecule has 0 unspecified atom stereocenters. The van der Waals surface area contributed by atoms with Crippen molar-refractivity contribution in [2.75, 3.05) is 6.54 Å². The molecule has 0 bridgehead atoms. The van der Waals surface area contributed by atoms with Crippen LogP contribution in [-0.4, -0.2) is 23.1 Å². The van der Waals surface area contributed by atoms with E-state index in [0.717, 1.165) is 15.6 Å². The molecule has 4 heteroatoms. The van der Waals surface area contributed by atoms with Gasteiger partial charge in [0.25, 0.3) is 5.91 Å². The molecule has 110 valence electrons. The van der Waals surface area contributed by atoms with Crippen LogP contribution in [0.5, 0.6) is 0 Å². The minimum atomic E-state index is -0.424. The van der Waals surface area contributed by atoms with Crippen LogP contribution in [0.4, 0.5) is 0 Å². The van der Waals surface area contributed by atoms with Crippen molar-refractivity contribution in [2.24, 2.45) is 0 Å². The number of nitrogens with zero attached hydrogens (tertiary/aromatic N) is 1. The highest BCUT2D eigenvalue weighted by Crippen LogP contribution is 2.20. The highest BCUT2D eigenvalue weighted by Gasteiger charge is 2.33. The molecule has 0 N–H and O–H groups in total. The van der Waals surface area contributed by atoms with Crippen LogP contribution in [0, 0.1) is 0 Å². The number of likely N-dealkylation sites (tertiary alicyclic amines) is 1. The average Bonchev–Trinajstić information content (AvgIpc) is 2.79. The predicted molar refractivity (Wildman–Crippen MR) is 89.0 cm³/mol. The lowest BCUT2D eigenvalue weighted by atomic mass is 10.1. The summed E-state index contributed by atoms with van der Waals surface area (Å²) in [4.78, 5) is 25.8. The Kier molecular flexibility index (Phi) is 4.20. The molecule has 1 aliphatic rings. The Balaban J connectivity index is 1.79. The van der Waals surface area contributed by atoms with Crippen LogP contribution in [0.3, 0.4) is 0 Å². The lowest BCUT2D eigenvalue weighted by molar-refractivity contribution is -0.139. The standard InChI is InChI=1S/C18H14BrNO2/c19-16-8-6-13(7-9-16)10-15-12-20(18(22)17(15)21)11-14-4-2-1-3-5-14/h1-10H,11-12H2/b15-10-. The molecule has 0 radical (unpaired) electrons. The Morgan fingerprint density at radius 1 is 1.00 bits per heavy atom. The third-order valence-electron chi connectivity index (χ3n) is 3.56. The number of benzene rings is 2. The van der Waals surface area contributed by atoms with E-state index in [1.807, 2.05) is 54.6 Å². The average molecular weight is 356 g/mol. The quantitative estimate of drug-likeness (QED) is 0.624. The van der Waals surface area contributed by atoms with Gasteiger partial charge in [0.1, 0.15) is 0 Å². The number of ketones is 1. The van der Waals surface area contributed by atoms with E-state index in [1.165, 1.54) is 0 Å². The van der Waals surface area contributed by atoms with Gasteiger partial charge in [-0.15, -0.1) is 0 Å². The monoisotopic (exact) mass is 355 g/mol. The van der Waals surface area contributed by atoms with E-state index in [-0.39, 0.29) is 0 Å². The maximum absolute atomic E-state index is 12.1. The fraction of sp³-hybridized carbons (Fsp3) is 0.111. The number of carbonyl (C=O) groups is 2. The molecule has 0 spiro atoms. The van der Waals surface area contributed by atoms with Crippen LogP contribution in [0.2, 0.25) is 0 Å². The summed E-state index contributed by atoms with van der Waals surface area (Å²) in [6.07, 6.45) is 1.79. The Hall–Kier alpha value is -2.20. The predicted octanol–water partition coefficient (Wildman–Crippen LogP) is 3.44. The zero-order valence-corrected chi connectivity index (χ0v) is 13.4. The Morgan fingerprint density at radius 2 is 1.68 bits per heavy atom. The minimum absolute atomic E-state index is 0.364. The van der Waals surface area contributed by atoms with Gasteiger partial charge >= 0.3 is 0 Å². The first-order valence-corrected chi connectivity index (χ1v) is 7.76. The SMILES string of the molecule is O=C1C(=O)N(Cc2ccccc2)C/C1=C/c1ccc(Br)cc1. The number of hydrogen-bond acceptors (Lipinski definition) is 2. The smallest absolute Gasteiger partial charge is 0.295 e. The van der Waals surface area contributed by atoms with Gasteiger partial charge in [-0.3, -0.25) is 9.59 Å². The summed E-state index contributed by atoms with van der Waals surface area (Å²) in [7, 11) is 0. The number of hydrogen-bond donors (Lipinski definition) is 0. The van der Waals surface area contributed by atoms with E-state index in [9.17, 15) is 9.59 Å². The van der Waals surface area contributed by atoms with Crippen molar-refractivity contribution in [1.82, 2.24) is 4.90 Å². The lowest BCUT2D eigenvalue weighted by Crippen LogP contribution is -2.26.